The summed E-state index contributed by atoms with van der Waals surface area (Å²) in [6.07, 6.45) is -8.01. The van der Waals surface area contributed by atoms with Crippen molar-refractivity contribution in [2.45, 2.75) is 0 Å². The molecule has 0 saturated heterocycles. The Hall–Kier alpha value is -5.11. The number of amides is 16. The molecule has 0 aliphatic carbocycles. The number of hydrogen-bond donors (Lipinski definition) is 16. The molecular weight excluding hydrogens is 702 g/mol. The molecule has 0 radical (unpaired) electrons. The standard InChI is InChI=1S/C16H40N16O12P2S/c17-9(33)25-1-45(2-26-10(18)34,3-27-11(19)35,4-28-12(20)36)43-47(41,42)44-46(5-29-13(21)37,6-30-14(22)38,7-31-15(23)39)8-32-16(24)40/h1-8H2,(H3,17,25,33)(H3,18,26,34)(H3,19,27,35)(H3,20,28,36)(H3,21,29,37)(H3,22,30,38)(H3,23,31,39)(H3,24,32,40). The van der Waals surface area contributed by atoms with Crippen LogP contribution in [0.4, 0.5) is 38.4 Å². The Bertz CT molecular complexity index is 1110. The van der Waals surface area contributed by atoms with Crippen molar-refractivity contribution in [1.29, 1.82) is 0 Å². The van der Waals surface area contributed by atoms with Crippen LogP contribution in [-0.4, -0.2) is 107 Å². The molecule has 0 aliphatic heterocycles. The van der Waals surface area contributed by atoms with Crippen molar-refractivity contribution in [2.75, 3.05) is 50.3 Å². The van der Waals surface area contributed by atoms with Crippen molar-refractivity contribution in [3.8, 4) is 0 Å². The van der Waals surface area contributed by atoms with Crippen molar-refractivity contribution in [3.63, 3.8) is 0 Å². The van der Waals surface area contributed by atoms with E-state index < -0.39 is 123 Å². The molecule has 0 aromatic rings. The molecule has 0 aromatic heterocycles. The molecule has 0 unspecified atom stereocenters. The third-order valence-corrected chi connectivity index (χ3v) is 18.3. The molecule has 0 heterocycles. The third-order valence-electron chi connectivity index (χ3n) is 5.83. The molecule has 28 nitrogen and oxygen atoms in total. The summed E-state index contributed by atoms with van der Waals surface area (Å²) < 4.78 is 39.4. The zero-order chi connectivity index (χ0) is 36.7. The first-order valence-electron chi connectivity index (χ1n) is 12.3. The van der Waals surface area contributed by atoms with Gasteiger partial charge in [0.15, 0.2) is 0 Å². The van der Waals surface area contributed by atoms with Gasteiger partial charge in [0.25, 0.3) is 0 Å². The van der Waals surface area contributed by atoms with Crippen LogP contribution in [0.5, 0.6) is 0 Å². The summed E-state index contributed by atoms with van der Waals surface area (Å²) in [6.45, 7) is -10.7. The number of nitrogens with one attached hydrogen (secondary N) is 8. The van der Waals surface area contributed by atoms with Gasteiger partial charge in [0, 0.05) is 0 Å². The van der Waals surface area contributed by atoms with E-state index in [1.54, 1.807) is 0 Å². The molecule has 0 saturated carbocycles. The number of rotatable bonds is 20. The van der Waals surface area contributed by atoms with E-state index in [4.69, 9.17) is 53.8 Å². The van der Waals surface area contributed by atoms with Crippen LogP contribution in [0.2, 0.25) is 0 Å². The van der Waals surface area contributed by atoms with E-state index >= 15 is 0 Å². The molecule has 16 amide bonds. The number of urea groups is 8. The van der Waals surface area contributed by atoms with E-state index in [9.17, 15) is 46.8 Å². The second-order valence-corrected chi connectivity index (χ2v) is 21.8. The van der Waals surface area contributed by atoms with Gasteiger partial charge in [-0.3, -0.25) is 0 Å². The van der Waals surface area contributed by atoms with Gasteiger partial charge in [-0.2, -0.15) is 0 Å². The van der Waals surface area contributed by atoms with Gasteiger partial charge in [-0.15, -0.1) is 0 Å². The molecular formula is C16H40N16O12P2S. The first-order valence-corrected chi connectivity index (χ1v) is 19.5. The normalized spacial score (nSPS) is 13.0. The SMILES string of the molecule is NC(=O)NCP(CNC(N)=O)(CNC(N)=O)(CNC(N)=O)OS(=O)(=O)OP(CNC(N)=O)(CNC(N)=O)(CNC(N)=O)CNC(N)=O. The van der Waals surface area contributed by atoms with E-state index in [-0.39, 0.29) is 0 Å². The topological polar surface area (TPSA) is 494 Å². The fourth-order valence-corrected chi connectivity index (χ4v) is 15.6. The maximum absolute atomic E-state index is 14.1. The zero-order valence-electron chi connectivity index (χ0n) is 24.5. The quantitative estimate of drug-likeness (QED) is 0.0519. The zero-order valence-corrected chi connectivity index (χ0v) is 27.1. The fraction of sp³-hybridized carbons (Fsp3) is 0.500. The Balaban J connectivity index is 7.88. The Kier molecular flexibility index (Phi) is 14.7. The summed E-state index contributed by atoms with van der Waals surface area (Å²) in [6, 6.07) is -10.5. The van der Waals surface area contributed by atoms with Crippen molar-refractivity contribution in [3.05, 3.63) is 0 Å². The number of carbonyl (C=O) groups is 8. The van der Waals surface area contributed by atoms with Crippen molar-refractivity contribution >= 4 is 72.3 Å². The molecule has 0 spiro atoms. The second-order valence-electron chi connectivity index (χ2n) is 9.87. The summed E-state index contributed by atoms with van der Waals surface area (Å²) >= 11 is 0. The van der Waals surface area contributed by atoms with E-state index in [2.05, 4.69) is 0 Å². The average Bonchev–Trinajstić information content (AvgIpc) is 2.93. The summed E-state index contributed by atoms with van der Waals surface area (Å²) in [5.74, 6) is 0. The van der Waals surface area contributed by atoms with Crippen molar-refractivity contribution in [1.82, 2.24) is 42.5 Å². The third kappa shape index (κ3) is 14.7. The summed E-state index contributed by atoms with van der Waals surface area (Å²) in [5.41, 5.74) is 41.5. The van der Waals surface area contributed by atoms with Gasteiger partial charge in [-0.05, 0) is 0 Å². The average molecular weight is 743 g/mol. The minimum atomic E-state index is -5.82. The minimum absolute atomic E-state index is 1.00. The van der Waals surface area contributed by atoms with Gasteiger partial charge >= 0.3 is 266 Å². The summed E-state index contributed by atoms with van der Waals surface area (Å²) in [5, 5.41) is 16.4. The number of primary amides is 8. The monoisotopic (exact) mass is 742 g/mol. The Morgan fingerprint density at radius 3 is 0.596 bits per heavy atom. The molecule has 0 aliphatic rings. The van der Waals surface area contributed by atoms with Gasteiger partial charge in [0.05, 0.1) is 0 Å². The molecule has 0 rings (SSSR count). The van der Waals surface area contributed by atoms with Crippen LogP contribution in [0.15, 0.2) is 0 Å². The maximum atomic E-state index is 14.1. The number of nitrogens with two attached hydrogens (primary N) is 8. The molecule has 24 N–H and O–H groups in total. The molecule has 0 bridgehead atoms. The second kappa shape index (κ2) is 16.5. The Labute approximate surface area is 265 Å². The Morgan fingerprint density at radius 2 is 0.489 bits per heavy atom. The van der Waals surface area contributed by atoms with Gasteiger partial charge in [0.1, 0.15) is 0 Å². The van der Waals surface area contributed by atoms with Crippen LogP contribution in [0.25, 0.3) is 0 Å². The number of carbonyl (C=O) groups excluding carboxylic acids is 8. The molecule has 0 aromatic carbocycles. The Morgan fingerprint density at radius 1 is 0.362 bits per heavy atom. The van der Waals surface area contributed by atoms with Gasteiger partial charge in [-0.25, -0.2) is 0 Å². The van der Waals surface area contributed by atoms with Gasteiger partial charge < -0.3 is 0 Å². The molecule has 272 valence electrons. The van der Waals surface area contributed by atoms with Gasteiger partial charge in [-0.1, -0.05) is 0 Å². The molecule has 0 fully saturated rings. The summed E-state index contributed by atoms with van der Waals surface area (Å²) in [4.78, 5) is 94.4. The van der Waals surface area contributed by atoms with Crippen LogP contribution in [-0.2, 0) is 18.3 Å². The predicted octanol–water partition coefficient (Wildman–Crippen LogP) is -5.79. The van der Waals surface area contributed by atoms with Gasteiger partial charge in [0.2, 0.25) is 0 Å². The molecule has 47 heavy (non-hydrogen) atoms. The van der Waals surface area contributed by atoms with E-state index in [0.717, 1.165) is 0 Å². The fourth-order valence-electron chi connectivity index (χ4n) is 3.63. The van der Waals surface area contributed by atoms with E-state index in [1.807, 2.05) is 42.5 Å². The first-order chi connectivity index (χ1) is 21.4. The van der Waals surface area contributed by atoms with Crippen LogP contribution in [0.1, 0.15) is 0 Å². The predicted molar refractivity (Wildman–Crippen MR) is 166 cm³/mol. The van der Waals surface area contributed by atoms with Crippen molar-refractivity contribution < 1.29 is 54.7 Å². The summed E-state index contributed by atoms with van der Waals surface area (Å²) in [7, 11) is -5.82. The molecule has 0 atom stereocenters. The van der Waals surface area contributed by atoms with E-state index in [1.165, 1.54) is 0 Å². The molecule has 31 heteroatoms. The van der Waals surface area contributed by atoms with Crippen LogP contribution >= 0.6 is 13.7 Å². The van der Waals surface area contributed by atoms with Crippen molar-refractivity contribution in [2.24, 2.45) is 45.9 Å². The van der Waals surface area contributed by atoms with Crippen LogP contribution in [0, 0.1) is 0 Å². The number of hydrogen-bond acceptors (Lipinski definition) is 12. The van der Waals surface area contributed by atoms with Crippen LogP contribution < -0.4 is 88.4 Å². The van der Waals surface area contributed by atoms with E-state index in [0.29, 0.717) is 0 Å². The first kappa shape index (κ1) is 41.9. The van der Waals surface area contributed by atoms with Crippen LogP contribution in [0.3, 0.4) is 0 Å².